The molecule has 0 amide bonds. The minimum atomic E-state index is 0.240. The summed E-state index contributed by atoms with van der Waals surface area (Å²) in [4.78, 5) is 5.11. The first-order chi connectivity index (χ1) is 8.13. The molecule has 96 valence electrons. The monoisotopic (exact) mass is 318 g/mol. The molecular formula is C12H19BrN2OS. The standard InChI is InChI=1S/C12H19BrN2OS/c1-8-9(13)6-11(17-8)12-10(7-14-2)16-5-4-15(12)3/h6,10,12,14H,4-5,7H2,1-3H3. The summed E-state index contributed by atoms with van der Waals surface area (Å²) in [6.45, 7) is 4.86. The van der Waals surface area contributed by atoms with Gasteiger partial charge in [0.15, 0.2) is 0 Å². The van der Waals surface area contributed by atoms with E-state index in [9.17, 15) is 0 Å². The molecule has 1 aliphatic heterocycles. The predicted octanol–water partition coefficient (Wildman–Crippen LogP) is 2.41. The van der Waals surface area contributed by atoms with Gasteiger partial charge in [0.1, 0.15) is 0 Å². The molecule has 1 aromatic rings. The largest absolute Gasteiger partial charge is 0.374 e. The fourth-order valence-corrected chi connectivity index (χ4v) is 4.04. The molecule has 1 saturated heterocycles. The van der Waals surface area contributed by atoms with Gasteiger partial charge in [-0.05, 0) is 43.0 Å². The van der Waals surface area contributed by atoms with Crippen LogP contribution in [0.25, 0.3) is 0 Å². The van der Waals surface area contributed by atoms with Crippen LogP contribution in [0, 0.1) is 6.92 Å². The quantitative estimate of drug-likeness (QED) is 0.926. The average molecular weight is 319 g/mol. The summed E-state index contributed by atoms with van der Waals surface area (Å²) < 4.78 is 7.10. The third-order valence-electron chi connectivity index (χ3n) is 3.18. The average Bonchev–Trinajstić information content (AvgIpc) is 2.59. The summed E-state index contributed by atoms with van der Waals surface area (Å²) in [5.74, 6) is 0. The fraction of sp³-hybridized carbons (Fsp3) is 0.667. The number of halogens is 1. The molecule has 3 nitrogen and oxygen atoms in total. The second-order valence-electron chi connectivity index (χ2n) is 4.45. The number of hydrogen-bond acceptors (Lipinski definition) is 4. The molecule has 2 atom stereocenters. The van der Waals surface area contributed by atoms with Crippen molar-refractivity contribution < 1.29 is 4.74 Å². The number of aryl methyl sites for hydroxylation is 1. The molecule has 1 N–H and O–H groups in total. The zero-order valence-corrected chi connectivity index (χ0v) is 12.9. The van der Waals surface area contributed by atoms with Crippen LogP contribution in [0.1, 0.15) is 15.8 Å². The normalized spacial score (nSPS) is 26.4. The maximum absolute atomic E-state index is 5.89. The highest BCUT2D eigenvalue weighted by atomic mass is 79.9. The topological polar surface area (TPSA) is 24.5 Å². The number of morpholine rings is 1. The summed E-state index contributed by atoms with van der Waals surface area (Å²) in [5.41, 5.74) is 0. The molecule has 0 spiro atoms. The molecule has 1 aromatic heterocycles. The Balaban J connectivity index is 2.24. The minimum Gasteiger partial charge on any atom is -0.374 e. The van der Waals surface area contributed by atoms with Gasteiger partial charge in [-0.1, -0.05) is 0 Å². The van der Waals surface area contributed by atoms with E-state index in [1.54, 1.807) is 0 Å². The molecule has 0 aromatic carbocycles. The Kier molecular flexibility index (Phi) is 4.60. The van der Waals surface area contributed by atoms with Crippen LogP contribution in [0.4, 0.5) is 0 Å². The number of likely N-dealkylation sites (N-methyl/N-ethyl adjacent to an activating group) is 2. The van der Waals surface area contributed by atoms with Crippen LogP contribution in [0.5, 0.6) is 0 Å². The number of nitrogens with zero attached hydrogens (tertiary/aromatic N) is 1. The lowest BCUT2D eigenvalue weighted by Gasteiger charge is -2.38. The second-order valence-corrected chi connectivity index (χ2v) is 6.59. The van der Waals surface area contributed by atoms with Crippen molar-refractivity contribution in [3.63, 3.8) is 0 Å². The number of rotatable bonds is 3. The Hall–Kier alpha value is 0.0600. The number of hydrogen-bond donors (Lipinski definition) is 1. The van der Waals surface area contributed by atoms with Gasteiger partial charge in [0.05, 0.1) is 18.8 Å². The van der Waals surface area contributed by atoms with E-state index in [0.717, 1.165) is 19.7 Å². The summed E-state index contributed by atoms with van der Waals surface area (Å²) in [6, 6.07) is 2.60. The fourth-order valence-electron chi connectivity index (χ4n) is 2.26. The molecule has 0 bridgehead atoms. The SMILES string of the molecule is CNCC1OCCN(C)C1c1cc(Br)c(C)s1. The molecular weight excluding hydrogens is 300 g/mol. The van der Waals surface area contributed by atoms with Gasteiger partial charge >= 0.3 is 0 Å². The molecule has 17 heavy (non-hydrogen) atoms. The van der Waals surface area contributed by atoms with Gasteiger partial charge < -0.3 is 10.1 Å². The van der Waals surface area contributed by atoms with E-state index in [1.807, 2.05) is 18.4 Å². The van der Waals surface area contributed by atoms with Crippen LogP contribution in [0.3, 0.4) is 0 Å². The van der Waals surface area contributed by atoms with Crippen molar-refractivity contribution in [1.82, 2.24) is 10.2 Å². The van der Waals surface area contributed by atoms with Crippen molar-refractivity contribution in [2.45, 2.75) is 19.1 Å². The van der Waals surface area contributed by atoms with Crippen LogP contribution in [-0.4, -0.2) is 44.8 Å². The zero-order valence-electron chi connectivity index (χ0n) is 10.5. The van der Waals surface area contributed by atoms with Crippen LogP contribution in [0.2, 0.25) is 0 Å². The lowest BCUT2D eigenvalue weighted by molar-refractivity contribution is -0.0594. The number of ether oxygens (including phenoxy) is 1. The summed E-state index contributed by atoms with van der Waals surface area (Å²) in [6.07, 6.45) is 0.240. The molecule has 2 rings (SSSR count). The van der Waals surface area contributed by atoms with E-state index < -0.39 is 0 Å². The summed E-state index contributed by atoms with van der Waals surface area (Å²) in [5, 5.41) is 3.22. The van der Waals surface area contributed by atoms with Gasteiger partial charge in [0.25, 0.3) is 0 Å². The Morgan fingerprint density at radius 2 is 2.41 bits per heavy atom. The van der Waals surface area contributed by atoms with E-state index in [2.05, 4.69) is 46.2 Å². The maximum Gasteiger partial charge on any atom is 0.0904 e. The summed E-state index contributed by atoms with van der Waals surface area (Å²) in [7, 11) is 4.16. The van der Waals surface area contributed by atoms with Gasteiger partial charge in [-0.3, -0.25) is 4.90 Å². The van der Waals surface area contributed by atoms with Gasteiger partial charge in [-0.15, -0.1) is 11.3 Å². The van der Waals surface area contributed by atoms with Crippen molar-refractivity contribution in [3.05, 3.63) is 20.3 Å². The molecule has 1 aliphatic rings. The first-order valence-electron chi connectivity index (χ1n) is 5.85. The van der Waals surface area contributed by atoms with Gasteiger partial charge in [0, 0.05) is 27.3 Å². The minimum absolute atomic E-state index is 0.240. The van der Waals surface area contributed by atoms with Gasteiger partial charge in [-0.2, -0.15) is 0 Å². The third kappa shape index (κ3) is 2.90. The summed E-state index contributed by atoms with van der Waals surface area (Å²) >= 11 is 5.45. The first-order valence-corrected chi connectivity index (χ1v) is 7.46. The van der Waals surface area contributed by atoms with Gasteiger partial charge in [0.2, 0.25) is 0 Å². The lowest BCUT2D eigenvalue weighted by atomic mass is 10.1. The van der Waals surface area contributed by atoms with Crippen LogP contribution in [-0.2, 0) is 4.74 Å². The molecule has 1 fully saturated rings. The Morgan fingerprint density at radius 1 is 1.65 bits per heavy atom. The zero-order chi connectivity index (χ0) is 12.4. The van der Waals surface area contributed by atoms with Crippen LogP contribution in [0.15, 0.2) is 10.5 Å². The lowest BCUT2D eigenvalue weighted by Crippen LogP contribution is -2.46. The van der Waals surface area contributed by atoms with Crippen molar-refractivity contribution in [2.24, 2.45) is 0 Å². The van der Waals surface area contributed by atoms with E-state index in [-0.39, 0.29) is 6.10 Å². The molecule has 0 aliphatic carbocycles. The van der Waals surface area contributed by atoms with Crippen molar-refractivity contribution in [1.29, 1.82) is 0 Å². The molecule has 0 radical (unpaired) electrons. The van der Waals surface area contributed by atoms with Crippen LogP contribution < -0.4 is 5.32 Å². The highest BCUT2D eigenvalue weighted by Crippen LogP contribution is 2.36. The van der Waals surface area contributed by atoms with Gasteiger partial charge in [-0.25, -0.2) is 0 Å². The number of thiophene rings is 1. The molecule has 2 heterocycles. The Labute approximate surface area is 115 Å². The third-order valence-corrected chi connectivity index (χ3v) is 5.38. The Bertz CT molecular complexity index is 361. The van der Waals surface area contributed by atoms with E-state index in [1.165, 1.54) is 14.2 Å². The molecule has 0 saturated carbocycles. The van der Waals surface area contributed by atoms with Crippen molar-refractivity contribution in [3.8, 4) is 0 Å². The van der Waals surface area contributed by atoms with E-state index in [4.69, 9.17) is 4.74 Å². The van der Waals surface area contributed by atoms with Crippen molar-refractivity contribution >= 4 is 27.3 Å². The highest BCUT2D eigenvalue weighted by molar-refractivity contribution is 9.10. The predicted molar refractivity (Wildman–Crippen MR) is 75.8 cm³/mol. The van der Waals surface area contributed by atoms with Crippen molar-refractivity contribution in [2.75, 3.05) is 33.8 Å². The maximum atomic E-state index is 5.89. The van der Waals surface area contributed by atoms with Crippen LogP contribution >= 0.6 is 27.3 Å². The second kappa shape index (κ2) is 5.80. The van der Waals surface area contributed by atoms with E-state index in [0.29, 0.717) is 6.04 Å². The highest BCUT2D eigenvalue weighted by Gasteiger charge is 2.32. The smallest absolute Gasteiger partial charge is 0.0904 e. The number of nitrogens with one attached hydrogen (secondary N) is 1. The molecule has 2 unspecified atom stereocenters. The van der Waals surface area contributed by atoms with E-state index >= 15 is 0 Å². The Morgan fingerprint density at radius 3 is 3.00 bits per heavy atom. The first kappa shape index (κ1) is 13.5. The molecule has 5 heteroatoms.